The maximum Gasteiger partial charge on any atom is 0.316 e. The monoisotopic (exact) mass is 292 g/mol. The Morgan fingerprint density at radius 2 is 2.24 bits per heavy atom. The van der Waals surface area contributed by atoms with E-state index < -0.39 is 0 Å². The van der Waals surface area contributed by atoms with Gasteiger partial charge in [-0.2, -0.15) is 0 Å². The number of hydrogen-bond donors (Lipinski definition) is 2. The van der Waals surface area contributed by atoms with Crippen molar-refractivity contribution < 1.29 is 4.92 Å². The van der Waals surface area contributed by atoms with Crippen molar-refractivity contribution in [3.05, 3.63) is 28.3 Å². The number of anilines is 2. The summed E-state index contributed by atoms with van der Waals surface area (Å²) >= 11 is 0. The second-order valence-electron chi connectivity index (χ2n) is 5.65. The van der Waals surface area contributed by atoms with Gasteiger partial charge in [-0.05, 0) is 37.3 Å². The number of nitrogens with zero attached hydrogens (tertiary/aromatic N) is 2. The average Bonchev–Trinajstić information content (AvgIpc) is 2.72. The van der Waals surface area contributed by atoms with Crippen molar-refractivity contribution in [2.45, 2.75) is 39.0 Å². The lowest BCUT2D eigenvalue weighted by Crippen LogP contribution is -2.25. The Labute approximate surface area is 125 Å². The Morgan fingerprint density at radius 1 is 1.43 bits per heavy atom. The van der Waals surface area contributed by atoms with Crippen molar-refractivity contribution in [2.24, 2.45) is 11.8 Å². The molecule has 2 rings (SSSR count). The van der Waals surface area contributed by atoms with Gasteiger partial charge in [0.2, 0.25) is 0 Å². The molecule has 6 nitrogen and oxygen atoms in total. The zero-order valence-electron chi connectivity index (χ0n) is 12.5. The van der Waals surface area contributed by atoms with Crippen LogP contribution < -0.4 is 16.2 Å². The highest BCUT2D eigenvalue weighted by Gasteiger charge is 2.25. The molecule has 0 radical (unpaired) electrons. The first-order chi connectivity index (χ1) is 10.2. The van der Waals surface area contributed by atoms with Crippen molar-refractivity contribution >= 4 is 17.1 Å². The standard InChI is InChI=1S/C15H24N4O2/c1-2-5-12-6-4-10-18(11-9-12)14-8-3-7-13(17-16)15(14)19(20)21/h3,7-8,12,17H,2,4-6,9-11,16H2,1H3. The van der Waals surface area contributed by atoms with E-state index in [1.165, 1.54) is 19.3 Å². The number of nitrogens with one attached hydrogen (secondary N) is 1. The molecule has 6 heteroatoms. The Kier molecular flexibility index (Phi) is 5.38. The van der Waals surface area contributed by atoms with Crippen LogP contribution in [0.4, 0.5) is 17.1 Å². The van der Waals surface area contributed by atoms with Crippen LogP contribution in [0.3, 0.4) is 0 Å². The number of nitrogen functional groups attached to an aromatic ring is 1. The summed E-state index contributed by atoms with van der Waals surface area (Å²) in [6.45, 7) is 3.96. The van der Waals surface area contributed by atoms with Crippen molar-refractivity contribution in [1.82, 2.24) is 0 Å². The van der Waals surface area contributed by atoms with E-state index in [4.69, 9.17) is 5.84 Å². The quantitative estimate of drug-likeness (QED) is 0.494. The molecule has 0 amide bonds. The Morgan fingerprint density at radius 3 is 2.90 bits per heavy atom. The number of hydrogen-bond acceptors (Lipinski definition) is 5. The molecular formula is C15H24N4O2. The van der Waals surface area contributed by atoms with Crippen molar-refractivity contribution in [3.8, 4) is 0 Å². The second-order valence-corrected chi connectivity index (χ2v) is 5.65. The molecule has 116 valence electrons. The number of nitrogens with two attached hydrogens (primary N) is 1. The van der Waals surface area contributed by atoms with Gasteiger partial charge in [-0.3, -0.25) is 16.0 Å². The molecule has 1 aliphatic rings. The summed E-state index contributed by atoms with van der Waals surface area (Å²) in [5.41, 5.74) is 3.55. The molecule has 1 heterocycles. The van der Waals surface area contributed by atoms with E-state index in [0.29, 0.717) is 11.4 Å². The fourth-order valence-corrected chi connectivity index (χ4v) is 3.20. The van der Waals surface area contributed by atoms with Crippen LogP contribution in [0.1, 0.15) is 39.0 Å². The first kappa shape index (κ1) is 15.6. The summed E-state index contributed by atoms with van der Waals surface area (Å²) in [5.74, 6) is 6.15. The van der Waals surface area contributed by atoms with E-state index in [1.54, 1.807) is 6.07 Å². The van der Waals surface area contributed by atoms with Gasteiger partial charge in [-0.15, -0.1) is 0 Å². The SMILES string of the molecule is CCCC1CCCN(c2cccc(NN)c2[N+](=O)[O-])CC1. The molecule has 1 unspecified atom stereocenters. The van der Waals surface area contributed by atoms with E-state index in [1.807, 2.05) is 12.1 Å². The maximum atomic E-state index is 11.4. The molecule has 0 bridgehead atoms. The van der Waals surface area contributed by atoms with Gasteiger partial charge in [-0.25, -0.2) is 0 Å². The van der Waals surface area contributed by atoms with Crippen LogP contribution in [-0.4, -0.2) is 18.0 Å². The zero-order valence-corrected chi connectivity index (χ0v) is 12.5. The number of nitro benzene ring substituents is 1. The van der Waals surface area contributed by atoms with E-state index >= 15 is 0 Å². The molecule has 1 aliphatic heterocycles. The maximum absolute atomic E-state index is 11.4. The predicted molar refractivity (Wildman–Crippen MR) is 85.4 cm³/mol. The molecule has 1 fully saturated rings. The lowest BCUT2D eigenvalue weighted by Gasteiger charge is -2.23. The third-order valence-corrected chi connectivity index (χ3v) is 4.24. The van der Waals surface area contributed by atoms with E-state index in [9.17, 15) is 10.1 Å². The molecule has 0 aromatic heterocycles. The molecule has 1 aromatic rings. The highest BCUT2D eigenvalue weighted by atomic mass is 16.6. The molecule has 1 aromatic carbocycles. The van der Waals surface area contributed by atoms with E-state index in [0.717, 1.165) is 31.8 Å². The number of nitro groups is 1. The summed E-state index contributed by atoms with van der Waals surface area (Å²) in [4.78, 5) is 13.2. The van der Waals surface area contributed by atoms with Gasteiger partial charge >= 0.3 is 5.69 Å². The summed E-state index contributed by atoms with van der Waals surface area (Å²) in [6.07, 6.45) is 5.86. The number of benzene rings is 1. The van der Waals surface area contributed by atoms with Crippen molar-refractivity contribution in [2.75, 3.05) is 23.4 Å². The topological polar surface area (TPSA) is 84.4 Å². The second kappa shape index (κ2) is 7.26. The van der Waals surface area contributed by atoms with Crippen molar-refractivity contribution in [1.29, 1.82) is 0 Å². The van der Waals surface area contributed by atoms with Crippen LogP contribution in [0.5, 0.6) is 0 Å². The van der Waals surface area contributed by atoms with Gasteiger partial charge in [0.25, 0.3) is 0 Å². The Balaban J connectivity index is 2.23. The molecule has 1 atom stereocenters. The smallest absolute Gasteiger partial charge is 0.316 e. The fraction of sp³-hybridized carbons (Fsp3) is 0.600. The minimum Gasteiger partial charge on any atom is -0.366 e. The Hall–Kier alpha value is -1.82. The van der Waals surface area contributed by atoms with Gasteiger partial charge in [0.15, 0.2) is 0 Å². The van der Waals surface area contributed by atoms with Gasteiger partial charge in [-0.1, -0.05) is 25.8 Å². The molecule has 0 aliphatic carbocycles. The fourth-order valence-electron chi connectivity index (χ4n) is 3.20. The molecule has 21 heavy (non-hydrogen) atoms. The lowest BCUT2D eigenvalue weighted by molar-refractivity contribution is -0.383. The van der Waals surface area contributed by atoms with E-state index in [2.05, 4.69) is 17.2 Å². The molecule has 3 N–H and O–H groups in total. The summed E-state index contributed by atoms with van der Waals surface area (Å²) in [7, 11) is 0. The molecular weight excluding hydrogens is 268 g/mol. The number of para-hydroxylation sites is 1. The molecule has 0 spiro atoms. The highest BCUT2D eigenvalue weighted by Crippen LogP contribution is 2.36. The first-order valence-electron chi connectivity index (χ1n) is 7.66. The van der Waals surface area contributed by atoms with Crippen LogP contribution in [0.25, 0.3) is 0 Å². The number of hydrazine groups is 1. The third kappa shape index (κ3) is 3.64. The average molecular weight is 292 g/mol. The van der Waals surface area contributed by atoms with E-state index in [-0.39, 0.29) is 10.6 Å². The van der Waals surface area contributed by atoms with Crippen LogP contribution in [0.2, 0.25) is 0 Å². The lowest BCUT2D eigenvalue weighted by atomic mass is 9.96. The summed E-state index contributed by atoms with van der Waals surface area (Å²) in [5, 5.41) is 11.4. The number of rotatable bonds is 5. The third-order valence-electron chi connectivity index (χ3n) is 4.24. The molecule has 0 saturated carbocycles. The van der Waals surface area contributed by atoms with Gasteiger partial charge in [0.1, 0.15) is 11.4 Å². The van der Waals surface area contributed by atoms with Crippen LogP contribution in [-0.2, 0) is 0 Å². The highest BCUT2D eigenvalue weighted by molar-refractivity contribution is 5.76. The normalized spacial score (nSPS) is 19.1. The van der Waals surface area contributed by atoms with Gasteiger partial charge in [0.05, 0.1) is 4.92 Å². The first-order valence-corrected chi connectivity index (χ1v) is 7.66. The Bertz CT molecular complexity index is 493. The molecule has 1 saturated heterocycles. The largest absolute Gasteiger partial charge is 0.366 e. The minimum atomic E-state index is -0.348. The van der Waals surface area contributed by atoms with Crippen LogP contribution in [0, 0.1) is 16.0 Å². The van der Waals surface area contributed by atoms with Crippen LogP contribution in [0.15, 0.2) is 18.2 Å². The minimum absolute atomic E-state index is 0.0777. The zero-order chi connectivity index (χ0) is 15.2. The van der Waals surface area contributed by atoms with Gasteiger partial charge < -0.3 is 10.3 Å². The summed E-state index contributed by atoms with van der Waals surface area (Å²) < 4.78 is 0. The van der Waals surface area contributed by atoms with Gasteiger partial charge in [0, 0.05) is 13.1 Å². The summed E-state index contributed by atoms with van der Waals surface area (Å²) in [6, 6.07) is 5.27. The van der Waals surface area contributed by atoms with Crippen molar-refractivity contribution in [3.63, 3.8) is 0 Å². The predicted octanol–water partition coefficient (Wildman–Crippen LogP) is 3.29. The van der Waals surface area contributed by atoms with Crippen LogP contribution >= 0.6 is 0 Å².